The predicted octanol–water partition coefficient (Wildman–Crippen LogP) is 3.89. The van der Waals surface area contributed by atoms with Gasteiger partial charge in [0.25, 0.3) is 0 Å². The van der Waals surface area contributed by atoms with Crippen molar-refractivity contribution in [1.82, 2.24) is 0 Å². The molecule has 2 N–H and O–H groups in total. The lowest BCUT2D eigenvalue weighted by atomic mass is 9.92. The van der Waals surface area contributed by atoms with Gasteiger partial charge in [0.05, 0.1) is 5.02 Å². The van der Waals surface area contributed by atoms with Crippen LogP contribution in [0.15, 0.2) is 28.7 Å². The quantitative estimate of drug-likeness (QED) is 0.845. The number of Topliss-reactive ketones (excluding diaryl/α,β-unsaturated/α-hetero) is 1. The van der Waals surface area contributed by atoms with Crippen molar-refractivity contribution in [2.45, 2.75) is 20.3 Å². The summed E-state index contributed by atoms with van der Waals surface area (Å²) < 4.78 is 5.59. The maximum atomic E-state index is 12.4. The Morgan fingerprint density at radius 2 is 2.16 bits per heavy atom. The lowest BCUT2D eigenvalue weighted by molar-refractivity contribution is 0.0882. The molecule has 4 heteroatoms. The molecular weight excluding hydrogens is 262 g/mol. The standard InChI is InChI=1S/C15H18ClNO2/c1-9(2)6-11(8-17)14(18)13-7-10-4-3-5-12(16)15(10)19-13/h3-5,7,9,11H,6,8,17H2,1-2H3. The molecule has 0 radical (unpaired) electrons. The van der Waals surface area contributed by atoms with Crippen LogP contribution in [0.5, 0.6) is 0 Å². The van der Waals surface area contributed by atoms with Gasteiger partial charge in [-0.1, -0.05) is 37.6 Å². The van der Waals surface area contributed by atoms with E-state index in [1.807, 2.05) is 12.1 Å². The van der Waals surface area contributed by atoms with Gasteiger partial charge in [-0.15, -0.1) is 0 Å². The molecule has 0 fully saturated rings. The van der Waals surface area contributed by atoms with Gasteiger partial charge >= 0.3 is 0 Å². The normalized spacial score (nSPS) is 13.1. The van der Waals surface area contributed by atoms with E-state index in [9.17, 15) is 4.79 Å². The fourth-order valence-corrected chi connectivity index (χ4v) is 2.45. The molecule has 0 aliphatic heterocycles. The molecule has 1 heterocycles. The summed E-state index contributed by atoms with van der Waals surface area (Å²) in [6.07, 6.45) is 0.764. The Labute approximate surface area is 117 Å². The molecule has 1 aromatic carbocycles. The number of carbonyl (C=O) groups is 1. The summed E-state index contributed by atoms with van der Waals surface area (Å²) in [5.74, 6) is 0.535. The van der Waals surface area contributed by atoms with Crippen molar-refractivity contribution in [3.05, 3.63) is 35.0 Å². The molecule has 0 aliphatic rings. The van der Waals surface area contributed by atoms with Crippen LogP contribution in [-0.4, -0.2) is 12.3 Å². The second-order valence-corrected chi connectivity index (χ2v) is 5.60. The molecule has 2 rings (SSSR count). The molecule has 3 nitrogen and oxygen atoms in total. The van der Waals surface area contributed by atoms with E-state index in [1.54, 1.807) is 12.1 Å². The highest BCUT2D eigenvalue weighted by atomic mass is 35.5. The van der Waals surface area contributed by atoms with E-state index in [1.165, 1.54) is 0 Å². The van der Waals surface area contributed by atoms with E-state index in [0.29, 0.717) is 28.8 Å². The van der Waals surface area contributed by atoms with Crippen LogP contribution in [-0.2, 0) is 0 Å². The molecule has 0 spiro atoms. The highest BCUT2D eigenvalue weighted by Gasteiger charge is 2.23. The molecule has 0 aliphatic carbocycles. The molecule has 0 saturated heterocycles. The van der Waals surface area contributed by atoms with Crippen LogP contribution < -0.4 is 5.73 Å². The average molecular weight is 280 g/mol. The smallest absolute Gasteiger partial charge is 0.202 e. The van der Waals surface area contributed by atoms with Crippen molar-refractivity contribution in [2.75, 3.05) is 6.54 Å². The van der Waals surface area contributed by atoms with Gasteiger partial charge in [0.2, 0.25) is 5.78 Å². The predicted molar refractivity (Wildman–Crippen MR) is 77.6 cm³/mol. The van der Waals surface area contributed by atoms with E-state index in [4.69, 9.17) is 21.8 Å². The third-order valence-corrected chi connectivity index (χ3v) is 3.45. The van der Waals surface area contributed by atoms with Gasteiger partial charge in [0.1, 0.15) is 0 Å². The second kappa shape index (κ2) is 5.76. The van der Waals surface area contributed by atoms with Gasteiger partial charge in [-0.2, -0.15) is 0 Å². The molecule has 0 amide bonds. The summed E-state index contributed by atoms with van der Waals surface area (Å²) >= 11 is 6.04. The van der Waals surface area contributed by atoms with Crippen LogP contribution in [0.25, 0.3) is 11.0 Å². The van der Waals surface area contributed by atoms with Crippen molar-refractivity contribution in [3.8, 4) is 0 Å². The van der Waals surface area contributed by atoms with Crippen LogP contribution in [0.4, 0.5) is 0 Å². The number of fused-ring (bicyclic) bond motifs is 1. The first-order valence-corrected chi connectivity index (χ1v) is 6.83. The Bertz CT molecular complexity index is 589. The number of rotatable bonds is 5. The van der Waals surface area contributed by atoms with Crippen LogP contribution >= 0.6 is 11.6 Å². The van der Waals surface area contributed by atoms with Gasteiger partial charge in [0, 0.05) is 17.8 Å². The van der Waals surface area contributed by atoms with E-state index in [0.717, 1.165) is 11.8 Å². The van der Waals surface area contributed by atoms with Crippen LogP contribution in [0.1, 0.15) is 30.8 Å². The minimum Gasteiger partial charge on any atom is -0.451 e. The fraction of sp³-hybridized carbons (Fsp3) is 0.400. The molecule has 2 aromatic rings. The lowest BCUT2D eigenvalue weighted by Crippen LogP contribution is -2.25. The second-order valence-electron chi connectivity index (χ2n) is 5.20. The minimum absolute atomic E-state index is 0.0385. The average Bonchev–Trinajstić information content (AvgIpc) is 2.80. The molecule has 1 atom stereocenters. The summed E-state index contributed by atoms with van der Waals surface area (Å²) in [6.45, 7) is 4.48. The van der Waals surface area contributed by atoms with E-state index in [-0.39, 0.29) is 11.7 Å². The number of ketones is 1. The highest BCUT2D eigenvalue weighted by Crippen LogP contribution is 2.28. The topological polar surface area (TPSA) is 56.2 Å². The van der Waals surface area contributed by atoms with Gasteiger partial charge in [0.15, 0.2) is 11.3 Å². The number of benzene rings is 1. The Kier molecular flexibility index (Phi) is 4.27. The number of furan rings is 1. The minimum atomic E-state index is -0.195. The number of hydrogen-bond donors (Lipinski definition) is 1. The summed E-state index contributed by atoms with van der Waals surface area (Å²) in [7, 11) is 0. The molecule has 1 aromatic heterocycles. The molecular formula is C15H18ClNO2. The van der Waals surface area contributed by atoms with Gasteiger partial charge in [-0.25, -0.2) is 0 Å². The van der Waals surface area contributed by atoms with E-state index < -0.39 is 0 Å². The fourth-order valence-electron chi connectivity index (χ4n) is 2.23. The van der Waals surface area contributed by atoms with E-state index in [2.05, 4.69) is 13.8 Å². The number of para-hydroxylation sites is 1. The van der Waals surface area contributed by atoms with E-state index >= 15 is 0 Å². The zero-order valence-electron chi connectivity index (χ0n) is 11.2. The summed E-state index contributed by atoms with van der Waals surface area (Å²) in [4.78, 5) is 12.4. The number of halogens is 1. The van der Waals surface area contributed by atoms with Gasteiger partial charge < -0.3 is 10.2 Å². The zero-order valence-corrected chi connectivity index (χ0v) is 11.9. The number of carbonyl (C=O) groups excluding carboxylic acids is 1. The molecule has 19 heavy (non-hydrogen) atoms. The highest BCUT2D eigenvalue weighted by molar-refractivity contribution is 6.34. The van der Waals surface area contributed by atoms with Crippen molar-refractivity contribution < 1.29 is 9.21 Å². The van der Waals surface area contributed by atoms with Crippen LogP contribution in [0, 0.1) is 11.8 Å². The van der Waals surface area contributed by atoms with Crippen molar-refractivity contribution >= 4 is 28.4 Å². The van der Waals surface area contributed by atoms with Gasteiger partial charge in [-0.3, -0.25) is 4.79 Å². The zero-order chi connectivity index (χ0) is 14.0. The molecule has 1 unspecified atom stereocenters. The summed E-state index contributed by atoms with van der Waals surface area (Å²) in [6, 6.07) is 7.20. The van der Waals surface area contributed by atoms with Crippen molar-refractivity contribution in [3.63, 3.8) is 0 Å². The first-order chi connectivity index (χ1) is 9.02. The Morgan fingerprint density at radius 3 is 2.74 bits per heavy atom. The monoisotopic (exact) mass is 279 g/mol. The largest absolute Gasteiger partial charge is 0.451 e. The number of hydrogen-bond acceptors (Lipinski definition) is 3. The Hall–Kier alpha value is -1.32. The molecule has 102 valence electrons. The molecule has 0 bridgehead atoms. The Morgan fingerprint density at radius 1 is 1.42 bits per heavy atom. The third kappa shape index (κ3) is 2.99. The van der Waals surface area contributed by atoms with Crippen LogP contribution in [0.2, 0.25) is 5.02 Å². The SMILES string of the molecule is CC(C)CC(CN)C(=O)c1cc2cccc(Cl)c2o1. The Balaban J connectivity index is 2.33. The first-order valence-electron chi connectivity index (χ1n) is 6.45. The third-order valence-electron chi connectivity index (χ3n) is 3.15. The lowest BCUT2D eigenvalue weighted by Gasteiger charge is -2.14. The maximum absolute atomic E-state index is 12.4. The maximum Gasteiger partial charge on any atom is 0.202 e. The first kappa shape index (κ1) is 14.1. The van der Waals surface area contributed by atoms with Crippen molar-refractivity contribution in [1.29, 1.82) is 0 Å². The number of nitrogens with two attached hydrogens (primary N) is 1. The van der Waals surface area contributed by atoms with Crippen molar-refractivity contribution in [2.24, 2.45) is 17.6 Å². The summed E-state index contributed by atoms with van der Waals surface area (Å²) in [5, 5.41) is 1.36. The molecule has 0 saturated carbocycles. The summed E-state index contributed by atoms with van der Waals surface area (Å²) in [5.41, 5.74) is 6.26. The van der Waals surface area contributed by atoms with Crippen LogP contribution in [0.3, 0.4) is 0 Å². The van der Waals surface area contributed by atoms with Gasteiger partial charge in [-0.05, 0) is 24.5 Å².